The molecule has 0 bridgehead atoms. The van der Waals surface area contributed by atoms with Crippen molar-refractivity contribution in [3.05, 3.63) is 36.4 Å². The quantitative estimate of drug-likeness (QED) is 0.761. The molecule has 2 aromatic rings. The summed E-state index contributed by atoms with van der Waals surface area (Å²) < 4.78 is 10.2. The maximum absolute atomic E-state index is 12.3. The lowest BCUT2D eigenvalue weighted by molar-refractivity contribution is 0.0714. The van der Waals surface area contributed by atoms with Crippen LogP contribution in [0.15, 0.2) is 35.1 Å². The molecule has 0 saturated carbocycles. The largest absolute Gasteiger partial charge is 0.459 e. The number of hydrogen-bond donors (Lipinski definition) is 1. The van der Waals surface area contributed by atoms with Crippen LogP contribution in [0.5, 0.6) is 0 Å². The molecule has 8 heteroatoms. The van der Waals surface area contributed by atoms with Crippen LogP contribution in [0.1, 0.15) is 17.0 Å². The average molecular weight is 345 g/mol. The van der Waals surface area contributed by atoms with Crippen LogP contribution in [-0.2, 0) is 4.74 Å². The number of aromatic nitrogens is 2. The highest BCUT2D eigenvalue weighted by Gasteiger charge is 2.24. The van der Waals surface area contributed by atoms with Crippen LogP contribution >= 0.6 is 0 Å². The second-order valence-electron chi connectivity index (χ2n) is 5.77. The molecule has 0 spiro atoms. The number of hydrogen-bond acceptors (Lipinski definition) is 7. The lowest BCUT2D eigenvalue weighted by Crippen LogP contribution is -2.49. The summed E-state index contributed by atoms with van der Waals surface area (Å²) in [7, 11) is 1.69. The lowest BCUT2D eigenvalue weighted by atomic mass is 10.3. The fourth-order valence-electron chi connectivity index (χ4n) is 2.70. The normalized spacial score (nSPS) is 14.6. The van der Waals surface area contributed by atoms with Crippen LogP contribution in [0.25, 0.3) is 0 Å². The number of piperazine rings is 1. The van der Waals surface area contributed by atoms with E-state index in [1.807, 2.05) is 6.07 Å². The molecule has 0 aliphatic carbocycles. The van der Waals surface area contributed by atoms with Crippen molar-refractivity contribution in [2.45, 2.75) is 6.42 Å². The van der Waals surface area contributed by atoms with Crippen molar-refractivity contribution < 1.29 is 13.9 Å². The highest BCUT2D eigenvalue weighted by molar-refractivity contribution is 5.91. The molecule has 1 saturated heterocycles. The van der Waals surface area contributed by atoms with Crippen LogP contribution in [0, 0.1) is 0 Å². The first-order chi connectivity index (χ1) is 12.3. The topological polar surface area (TPSA) is 83.7 Å². The maximum atomic E-state index is 12.3. The van der Waals surface area contributed by atoms with Crippen molar-refractivity contribution in [2.24, 2.45) is 0 Å². The Labute approximate surface area is 146 Å². The van der Waals surface area contributed by atoms with E-state index in [1.165, 1.54) is 6.26 Å². The summed E-state index contributed by atoms with van der Waals surface area (Å²) in [6.45, 7) is 4.15. The number of nitrogens with one attached hydrogen (secondary N) is 1. The number of rotatable bonds is 7. The van der Waals surface area contributed by atoms with Gasteiger partial charge in [0.05, 0.1) is 6.26 Å². The molecule has 0 radical (unpaired) electrons. The van der Waals surface area contributed by atoms with Crippen molar-refractivity contribution in [3.8, 4) is 0 Å². The van der Waals surface area contributed by atoms with Gasteiger partial charge in [0.25, 0.3) is 5.91 Å². The minimum atomic E-state index is -0.0703. The number of amides is 1. The second-order valence-corrected chi connectivity index (χ2v) is 5.77. The Bertz CT molecular complexity index is 669. The molecule has 25 heavy (non-hydrogen) atoms. The third-order valence-electron chi connectivity index (χ3n) is 4.06. The van der Waals surface area contributed by atoms with Gasteiger partial charge in [-0.1, -0.05) is 0 Å². The van der Waals surface area contributed by atoms with Gasteiger partial charge < -0.3 is 24.3 Å². The van der Waals surface area contributed by atoms with Gasteiger partial charge in [-0.15, -0.1) is 0 Å². The lowest BCUT2D eigenvalue weighted by Gasteiger charge is -2.34. The van der Waals surface area contributed by atoms with Gasteiger partial charge in [0.2, 0.25) is 5.95 Å². The predicted octanol–water partition coefficient (Wildman–Crippen LogP) is 1.48. The van der Waals surface area contributed by atoms with Gasteiger partial charge in [0.1, 0.15) is 5.82 Å². The molecule has 0 aromatic carbocycles. The molecule has 3 rings (SSSR count). The van der Waals surface area contributed by atoms with E-state index in [1.54, 1.807) is 30.3 Å². The first-order valence-electron chi connectivity index (χ1n) is 8.41. The molecule has 8 nitrogen and oxygen atoms in total. The summed E-state index contributed by atoms with van der Waals surface area (Å²) in [4.78, 5) is 25.1. The maximum Gasteiger partial charge on any atom is 0.289 e. The van der Waals surface area contributed by atoms with E-state index in [9.17, 15) is 4.79 Å². The van der Waals surface area contributed by atoms with Crippen molar-refractivity contribution in [3.63, 3.8) is 0 Å². The third kappa shape index (κ3) is 4.48. The van der Waals surface area contributed by atoms with Gasteiger partial charge in [-0.05, 0) is 24.6 Å². The molecule has 3 heterocycles. The van der Waals surface area contributed by atoms with Gasteiger partial charge in [-0.25, -0.2) is 4.98 Å². The highest BCUT2D eigenvalue weighted by atomic mass is 16.5. The number of methoxy groups -OCH3 is 1. The van der Waals surface area contributed by atoms with Crippen LogP contribution in [-0.4, -0.2) is 67.2 Å². The number of nitrogens with zero attached hydrogens (tertiary/aromatic N) is 4. The minimum Gasteiger partial charge on any atom is -0.459 e. The van der Waals surface area contributed by atoms with Gasteiger partial charge in [-0.2, -0.15) is 4.98 Å². The molecule has 1 aliphatic heterocycles. The summed E-state index contributed by atoms with van der Waals surface area (Å²) >= 11 is 0. The first kappa shape index (κ1) is 17.2. The van der Waals surface area contributed by atoms with Crippen molar-refractivity contribution in [2.75, 3.05) is 56.7 Å². The smallest absolute Gasteiger partial charge is 0.289 e. The van der Waals surface area contributed by atoms with Crippen LogP contribution in [0.2, 0.25) is 0 Å². The Balaban J connectivity index is 1.53. The molecule has 2 aromatic heterocycles. The van der Waals surface area contributed by atoms with Crippen LogP contribution in [0.4, 0.5) is 11.8 Å². The molecule has 1 N–H and O–H groups in total. The second kappa shape index (κ2) is 8.48. The number of carbonyl (C=O) groups excluding carboxylic acids is 1. The SMILES string of the molecule is COCCCNc1ccnc(N2CCN(C(=O)c3ccco3)CC2)n1. The Morgan fingerprint density at radius 3 is 2.88 bits per heavy atom. The van der Waals surface area contributed by atoms with Crippen LogP contribution < -0.4 is 10.2 Å². The number of carbonyl (C=O) groups is 1. The molecule has 0 unspecified atom stereocenters. The van der Waals surface area contributed by atoms with Gasteiger partial charge in [-0.3, -0.25) is 4.79 Å². The Morgan fingerprint density at radius 1 is 1.32 bits per heavy atom. The summed E-state index contributed by atoms with van der Waals surface area (Å²) in [5.74, 6) is 1.79. The predicted molar refractivity (Wildman–Crippen MR) is 93.8 cm³/mol. The summed E-state index contributed by atoms with van der Waals surface area (Å²) in [5, 5.41) is 3.27. The fourth-order valence-corrected chi connectivity index (χ4v) is 2.70. The summed E-state index contributed by atoms with van der Waals surface area (Å²) in [6.07, 6.45) is 4.19. The monoisotopic (exact) mass is 345 g/mol. The average Bonchev–Trinajstić information content (AvgIpc) is 3.20. The van der Waals surface area contributed by atoms with Gasteiger partial charge in [0, 0.05) is 52.6 Å². The molecule has 1 amide bonds. The first-order valence-corrected chi connectivity index (χ1v) is 8.41. The van der Waals surface area contributed by atoms with E-state index in [4.69, 9.17) is 9.15 Å². The Morgan fingerprint density at radius 2 is 2.16 bits per heavy atom. The zero-order valence-corrected chi connectivity index (χ0v) is 14.4. The fraction of sp³-hybridized carbons (Fsp3) is 0.471. The van der Waals surface area contributed by atoms with Crippen molar-refractivity contribution in [1.82, 2.24) is 14.9 Å². The third-order valence-corrected chi connectivity index (χ3v) is 4.06. The van der Waals surface area contributed by atoms with E-state index in [-0.39, 0.29) is 5.91 Å². The molecular formula is C17H23N5O3. The molecule has 1 fully saturated rings. The van der Waals surface area contributed by atoms with Crippen LogP contribution in [0.3, 0.4) is 0 Å². The van der Waals surface area contributed by atoms with E-state index in [0.717, 1.165) is 25.4 Å². The van der Waals surface area contributed by atoms with Crippen molar-refractivity contribution >= 4 is 17.7 Å². The highest BCUT2D eigenvalue weighted by Crippen LogP contribution is 2.15. The van der Waals surface area contributed by atoms with Crippen molar-refractivity contribution in [1.29, 1.82) is 0 Å². The molecule has 1 aliphatic rings. The number of anilines is 2. The Hall–Kier alpha value is -2.61. The number of ether oxygens (including phenoxy) is 1. The molecule has 0 atom stereocenters. The van der Waals surface area contributed by atoms with E-state index in [0.29, 0.717) is 37.9 Å². The molecular weight excluding hydrogens is 322 g/mol. The summed E-state index contributed by atoms with van der Waals surface area (Å²) in [5.41, 5.74) is 0. The van der Waals surface area contributed by atoms with E-state index in [2.05, 4.69) is 20.2 Å². The zero-order valence-electron chi connectivity index (χ0n) is 14.4. The van der Waals surface area contributed by atoms with E-state index >= 15 is 0 Å². The zero-order chi connectivity index (χ0) is 17.5. The summed E-state index contributed by atoms with van der Waals surface area (Å²) in [6, 6.07) is 5.27. The van der Waals surface area contributed by atoms with Gasteiger partial charge >= 0.3 is 0 Å². The minimum absolute atomic E-state index is 0.0703. The van der Waals surface area contributed by atoms with E-state index < -0.39 is 0 Å². The molecule has 134 valence electrons. The Kier molecular flexibility index (Phi) is 5.84. The standard InChI is InChI=1S/C17H23N5O3/c1-24-12-3-6-18-15-5-7-19-17(20-15)22-10-8-21(9-11-22)16(23)14-4-2-13-25-14/h2,4-5,7,13H,3,6,8-12H2,1H3,(H,18,19,20). The number of furan rings is 1. The van der Waals surface area contributed by atoms with Gasteiger partial charge in [0.15, 0.2) is 5.76 Å².